The molecule has 2 aromatic carbocycles. The SMILES string of the molecule is O=C(CCl)c1ccc(OCc2ccccc2Cl)cc1. The maximum atomic E-state index is 11.4. The zero-order chi connectivity index (χ0) is 13.7. The molecular weight excluding hydrogens is 283 g/mol. The topological polar surface area (TPSA) is 26.3 Å². The van der Waals surface area contributed by atoms with E-state index in [2.05, 4.69) is 0 Å². The van der Waals surface area contributed by atoms with Crippen molar-refractivity contribution in [3.8, 4) is 5.75 Å². The molecular formula is C15H12Cl2O2. The quantitative estimate of drug-likeness (QED) is 0.606. The van der Waals surface area contributed by atoms with Gasteiger partial charge in [0.2, 0.25) is 0 Å². The summed E-state index contributed by atoms with van der Waals surface area (Å²) in [4.78, 5) is 11.4. The third kappa shape index (κ3) is 3.72. The van der Waals surface area contributed by atoms with Crippen LogP contribution in [-0.2, 0) is 6.61 Å². The van der Waals surface area contributed by atoms with Crippen LogP contribution < -0.4 is 4.74 Å². The summed E-state index contributed by atoms with van der Waals surface area (Å²) in [5.74, 6) is 0.574. The molecule has 2 rings (SSSR count). The Hall–Kier alpha value is -1.51. The predicted octanol–water partition coefficient (Wildman–Crippen LogP) is 4.34. The van der Waals surface area contributed by atoms with E-state index in [0.717, 1.165) is 5.56 Å². The third-order valence-corrected chi connectivity index (χ3v) is 3.26. The zero-order valence-corrected chi connectivity index (χ0v) is 11.6. The Morgan fingerprint density at radius 1 is 1.05 bits per heavy atom. The lowest BCUT2D eigenvalue weighted by Gasteiger charge is -2.08. The number of hydrogen-bond acceptors (Lipinski definition) is 2. The molecule has 0 saturated heterocycles. The number of ether oxygens (including phenoxy) is 1. The van der Waals surface area contributed by atoms with Crippen molar-refractivity contribution < 1.29 is 9.53 Å². The smallest absolute Gasteiger partial charge is 0.177 e. The van der Waals surface area contributed by atoms with E-state index in [9.17, 15) is 4.79 Å². The molecule has 98 valence electrons. The summed E-state index contributed by atoms with van der Waals surface area (Å²) < 4.78 is 5.61. The van der Waals surface area contributed by atoms with Crippen LogP contribution in [0.3, 0.4) is 0 Å². The lowest BCUT2D eigenvalue weighted by Crippen LogP contribution is -2.00. The van der Waals surface area contributed by atoms with Gasteiger partial charge in [-0.05, 0) is 30.3 Å². The highest BCUT2D eigenvalue weighted by molar-refractivity contribution is 6.31. The number of ketones is 1. The van der Waals surface area contributed by atoms with Crippen molar-refractivity contribution in [3.05, 3.63) is 64.7 Å². The van der Waals surface area contributed by atoms with Crippen LogP contribution in [-0.4, -0.2) is 11.7 Å². The minimum absolute atomic E-state index is 0.0141. The van der Waals surface area contributed by atoms with Crippen LogP contribution in [0.4, 0.5) is 0 Å². The Morgan fingerprint density at radius 2 is 1.74 bits per heavy atom. The van der Waals surface area contributed by atoms with Gasteiger partial charge in [0.15, 0.2) is 5.78 Å². The molecule has 0 heterocycles. The molecule has 0 amide bonds. The number of halogens is 2. The van der Waals surface area contributed by atoms with E-state index < -0.39 is 0 Å². The average Bonchev–Trinajstić information content (AvgIpc) is 2.46. The molecule has 0 saturated carbocycles. The number of rotatable bonds is 5. The molecule has 2 nitrogen and oxygen atoms in total. The lowest BCUT2D eigenvalue weighted by atomic mass is 10.1. The van der Waals surface area contributed by atoms with E-state index in [-0.39, 0.29) is 11.7 Å². The van der Waals surface area contributed by atoms with Gasteiger partial charge >= 0.3 is 0 Å². The van der Waals surface area contributed by atoms with Crippen LogP contribution >= 0.6 is 23.2 Å². The second-order valence-corrected chi connectivity index (χ2v) is 4.64. The molecule has 0 unspecified atom stereocenters. The van der Waals surface area contributed by atoms with Crippen molar-refractivity contribution in [1.82, 2.24) is 0 Å². The molecule has 0 aliphatic heterocycles. The van der Waals surface area contributed by atoms with Crippen LogP contribution in [0.1, 0.15) is 15.9 Å². The first kappa shape index (κ1) is 13.9. The molecule has 0 fully saturated rings. The van der Waals surface area contributed by atoms with Crippen LogP contribution in [0, 0.1) is 0 Å². The Labute approximate surface area is 121 Å². The van der Waals surface area contributed by atoms with Crippen molar-refractivity contribution in [2.75, 3.05) is 5.88 Å². The van der Waals surface area contributed by atoms with Gasteiger partial charge in [0.25, 0.3) is 0 Å². The fraction of sp³-hybridized carbons (Fsp3) is 0.133. The van der Waals surface area contributed by atoms with Gasteiger partial charge in [0.1, 0.15) is 12.4 Å². The summed E-state index contributed by atoms with van der Waals surface area (Å²) in [6.07, 6.45) is 0. The number of Topliss-reactive ketones (excluding diaryl/α,β-unsaturated/α-hetero) is 1. The van der Waals surface area contributed by atoms with E-state index in [4.69, 9.17) is 27.9 Å². The third-order valence-electron chi connectivity index (χ3n) is 2.65. The first-order chi connectivity index (χ1) is 9.20. The lowest BCUT2D eigenvalue weighted by molar-refractivity contribution is 0.102. The van der Waals surface area contributed by atoms with Gasteiger partial charge < -0.3 is 4.74 Å². The highest BCUT2D eigenvalue weighted by Crippen LogP contribution is 2.19. The monoisotopic (exact) mass is 294 g/mol. The highest BCUT2D eigenvalue weighted by atomic mass is 35.5. The Bertz CT molecular complexity index is 565. The van der Waals surface area contributed by atoms with E-state index >= 15 is 0 Å². The molecule has 0 aromatic heterocycles. The Balaban J connectivity index is 2.01. The second-order valence-electron chi connectivity index (χ2n) is 3.96. The number of benzene rings is 2. The number of alkyl halides is 1. The molecule has 2 aromatic rings. The fourth-order valence-electron chi connectivity index (χ4n) is 1.59. The minimum Gasteiger partial charge on any atom is -0.489 e. The molecule has 0 bridgehead atoms. The largest absolute Gasteiger partial charge is 0.489 e. The molecule has 0 N–H and O–H groups in total. The van der Waals surface area contributed by atoms with E-state index in [0.29, 0.717) is 22.9 Å². The van der Waals surface area contributed by atoms with E-state index in [1.807, 2.05) is 24.3 Å². The van der Waals surface area contributed by atoms with E-state index in [1.165, 1.54) is 0 Å². The molecule has 19 heavy (non-hydrogen) atoms. The summed E-state index contributed by atoms with van der Waals surface area (Å²) in [7, 11) is 0. The summed E-state index contributed by atoms with van der Waals surface area (Å²) in [5, 5.41) is 0.677. The maximum absolute atomic E-state index is 11.4. The van der Waals surface area contributed by atoms with Crippen molar-refractivity contribution in [1.29, 1.82) is 0 Å². The van der Waals surface area contributed by atoms with Gasteiger partial charge in [-0.1, -0.05) is 29.8 Å². The first-order valence-electron chi connectivity index (χ1n) is 5.76. The molecule has 0 atom stereocenters. The first-order valence-corrected chi connectivity index (χ1v) is 6.67. The summed E-state index contributed by atoms with van der Waals surface area (Å²) in [5.41, 5.74) is 1.50. The molecule has 0 radical (unpaired) electrons. The number of carbonyl (C=O) groups is 1. The molecule has 0 aliphatic rings. The van der Waals surface area contributed by atoms with Crippen LogP contribution in [0.15, 0.2) is 48.5 Å². The number of hydrogen-bond donors (Lipinski definition) is 0. The van der Waals surface area contributed by atoms with Crippen molar-refractivity contribution >= 4 is 29.0 Å². The zero-order valence-electron chi connectivity index (χ0n) is 10.1. The standard InChI is InChI=1S/C15H12Cl2O2/c16-9-15(18)11-5-7-13(8-6-11)19-10-12-3-1-2-4-14(12)17/h1-8H,9-10H2. The fourth-order valence-corrected chi connectivity index (χ4v) is 1.94. The van der Waals surface area contributed by atoms with Gasteiger partial charge in [-0.3, -0.25) is 4.79 Å². The second kappa shape index (κ2) is 6.60. The summed E-state index contributed by atoms with van der Waals surface area (Å²) >= 11 is 11.5. The van der Waals surface area contributed by atoms with Gasteiger partial charge in [-0.15, -0.1) is 11.6 Å². The molecule has 4 heteroatoms. The highest BCUT2D eigenvalue weighted by Gasteiger charge is 2.04. The van der Waals surface area contributed by atoms with E-state index in [1.54, 1.807) is 24.3 Å². The van der Waals surface area contributed by atoms with Gasteiger partial charge in [0.05, 0.1) is 5.88 Å². The Kier molecular flexibility index (Phi) is 4.83. The summed E-state index contributed by atoms with van der Waals surface area (Å²) in [6.45, 7) is 0.391. The van der Waals surface area contributed by atoms with Gasteiger partial charge in [-0.2, -0.15) is 0 Å². The van der Waals surface area contributed by atoms with Crippen LogP contribution in [0.2, 0.25) is 5.02 Å². The predicted molar refractivity (Wildman–Crippen MR) is 77.3 cm³/mol. The van der Waals surface area contributed by atoms with Gasteiger partial charge in [-0.25, -0.2) is 0 Å². The van der Waals surface area contributed by atoms with Gasteiger partial charge in [0, 0.05) is 16.1 Å². The normalized spacial score (nSPS) is 10.2. The van der Waals surface area contributed by atoms with Crippen molar-refractivity contribution in [3.63, 3.8) is 0 Å². The van der Waals surface area contributed by atoms with Crippen LogP contribution in [0.25, 0.3) is 0 Å². The van der Waals surface area contributed by atoms with Crippen LogP contribution in [0.5, 0.6) is 5.75 Å². The maximum Gasteiger partial charge on any atom is 0.177 e. The minimum atomic E-state index is -0.0979. The summed E-state index contributed by atoms with van der Waals surface area (Å²) in [6, 6.07) is 14.4. The van der Waals surface area contributed by atoms with Crippen molar-refractivity contribution in [2.24, 2.45) is 0 Å². The number of carbonyl (C=O) groups excluding carboxylic acids is 1. The molecule has 0 spiro atoms. The Morgan fingerprint density at radius 3 is 2.37 bits per heavy atom. The van der Waals surface area contributed by atoms with Crippen molar-refractivity contribution in [2.45, 2.75) is 6.61 Å². The molecule has 0 aliphatic carbocycles. The average molecular weight is 295 g/mol.